The van der Waals surface area contributed by atoms with Gasteiger partial charge in [-0.25, -0.2) is 0 Å². The van der Waals surface area contributed by atoms with Gasteiger partial charge in [0.1, 0.15) is 0 Å². The summed E-state index contributed by atoms with van der Waals surface area (Å²) in [7, 11) is 0. The number of allylic oxidation sites excluding steroid dienone is 8. The summed E-state index contributed by atoms with van der Waals surface area (Å²) >= 11 is 4.95. The molecule has 0 aromatic rings. The van der Waals surface area contributed by atoms with Gasteiger partial charge in [0.05, 0.1) is 0 Å². The molecule has 2 rings (SSSR count). The predicted molar refractivity (Wildman–Crippen MR) is 49.5 cm³/mol. The molecule has 13 heavy (non-hydrogen) atoms. The van der Waals surface area contributed by atoms with E-state index in [1.54, 1.807) is 4.47 Å². The van der Waals surface area contributed by atoms with Crippen molar-refractivity contribution in [3.8, 4) is 0 Å². The summed E-state index contributed by atoms with van der Waals surface area (Å²) in [5.74, 6) is 2.19. The van der Waals surface area contributed by atoms with Gasteiger partial charge in [0.15, 0.2) is 0 Å². The molecule has 2 aliphatic carbocycles. The summed E-state index contributed by atoms with van der Waals surface area (Å²) < 4.78 is 2.77. The van der Waals surface area contributed by atoms with Crippen molar-refractivity contribution >= 4 is 0 Å². The minimum absolute atomic E-state index is 1.06. The van der Waals surface area contributed by atoms with Gasteiger partial charge in [-0.05, 0) is 0 Å². The first kappa shape index (κ1) is 11.1. The van der Waals surface area contributed by atoms with E-state index >= 15 is 0 Å². The molecule has 0 radical (unpaired) electrons. The maximum atomic E-state index is 3.74. The van der Waals surface area contributed by atoms with Crippen LogP contribution in [0.2, 0.25) is 5.82 Å². The molecule has 0 fully saturated rings. The van der Waals surface area contributed by atoms with E-state index in [1.807, 2.05) is 12.2 Å². The van der Waals surface area contributed by atoms with Crippen LogP contribution in [0.3, 0.4) is 0 Å². The van der Waals surface area contributed by atoms with Crippen LogP contribution in [-0.4, -0.2) is 0 Å². The molecule has 0 amide bonds. The van der Waals surface area contributed by atoms with E-state index in [4.69, 9.17) is 0 Å². The molecule has 0 nitrogen and oxygen atoms in total. The Morgan fingerprint density at radius 3 is 2.08 bits per heavy atom. The van der Waals surface area contributed by atoms with Crippen LogP contribution in [0.1, 0.15) is 12.8 Å². The van der Waals surface area contributed by atoms with Crippen LogP contribution >= 0.6 is 0 Å². The van der Waals surface area contributed by atoms with Gasteiger partial charge >= 0.3 is 95.0 Å². The number of rotatable bonds is 1. The van der Waals surface area contributed by atoms with Crippen molar-refractivity contribution < 1.29 is 31.0 Å². The van der Waals surface area contributed by atoms with E-state index in [1.165, 1.54) is 25.8 Å². The average Bonchev–Trinajstić information content (AvgIpc) is 2.76. The predicted octanol–water partition coefficient (Wildman–Crippen LogP) is 3.34. The molecule has 0 aromatic heterocycles. The third-order valence-electron chi connectivity index (χ3n) is 1.66. The topological polar surface area (TPSA) is 0 Å². The molecule has 0 spiro atoms. The van der Waals surface area contributed by atoms with Gasteiger partial charge in [-0.15, -0.1) is 0 Å². The molecule has 73 valence electrons. The first-order valence-electron chi connectivity index (χ1n) is 4.14. The Morgan fingerprint density at radius 1 is 1.15 bits per heavy atom. The first-order valence-corrected chi connectivity index (χ1v) is 6.35. The quantitative estimate of drug-likeness (QED) is 0.632. The zero-order valence-electron chi connectivity index (χ0n) is 7.59. The van der Waals surface area contributed by atoms with Crippen LogP contribution in [0.4, 0.5) is 0 Å². The van der Waals surface area contributed by atoms with Crippen LogP contribution < -0.4 is 0 Å². The van der Waals surface area contributed by atoms with Crippen molar-refractivity contribution in [1.82, 2.24) is 0 Å². The van der Waals surface area contributed by atoms with Crippen molar-refractivity contribution in [3.63, 3.8) is 0 Å². The SMILES string of the molecule is [CH3][Fe][C]1=CC=CC1.[Fe][C]1=CC=CC1. The van der Waals surface area contributed by atoms with Crippen LogP contribution in [0.25, 0.3) is 0 Å². The van der Waals surface area contributed by atoms with Crippen LogP contribution in [-0.2, 0) is 31.0 Å². The molecule has 0 heterocycles. The Labute approximate surface area is 94.8 Å². The van der Waals surface area contributed by atoms with E-state index in [2.05, 4.69) is 46.1 Å². The van der Waals surface area contributed by atoms with Crippen LogP contribution in [0.15, 0.2) is 45.4 Å². The monoisotopic (exact) mass is 257 g/mol. The molecular formula is C11H13Fe2. The van der Waals surface area contributed by atoms with Crippen molar-refractivity contribution in [2.75, 3.05) is 0 Å². The summed E-state index contributed by atoms with van der Waals surface area (Å²) in [6.07, 6.45) is 14.9. The Kier molecular flexibility index (Phi) is 5.50. The Hall–Kier alpha value is -0.00104. The summed E-state index contributed by atoms with van der Waals surface area (Å²) in [6.45, 7) is 0. The molecule has 0 saturated heterocycles. The number of hydrogen-bond acceptors (Lipinski definition) is 0. The minimum atomic E-state index is 1.06. The molecule has 0 aliphatic heterocycles. The molecule has 0 saturated carbocycles. The van der Waals surface area contributed by atoms with Crippen LogP contribution in [0, 0.1) is 0 Å². The summed E-state index contributed by atoms with van der Waals surface area (Å²) in [5, 5.41) is 0. The van der Waals surface area contributed by atoms with E-state index in [-0.39, 0.29) is 0 Å². The van der Waals surface area contributed by atoms with Crippen molar-refractivity contribution in [3.05, 3.63) is 45.4 Å². The second kappa shape index (κ2) is 6.45. The molecule has 2 heteroatoms. The molecular weight excluding hydrogens is 244 g/mol. The molecule has 0 aromatic carbocycles. The Balaban J connectivity index is 0.000000132. The van der Waals surface area contributed by atoms with Gasteiger partial charge < -0.3 is 0 Å². The van der Waals surface area contributed by atoms with Crippen molar-refractivity contribution in [2.24, 2.45) is 0 Å². The fourth-order valence-corrected chi connectivity index (χ4v) is 1.85. The first-order chi connectivity index (χ1) is 6.33. The van der Waals surface area contributed by atoms with E-state index in [9.17, 15) is 0 Å². The second-order valence-corrected chi connectivity index (χ2v) is 4.61. The average molecular weight is 257 g/mol. The van der Waals surface area contributed by atoms with Crippen molar-refractivity contribution in [2.45, 2.75) is 18.7 Å². The summed E-state index contributed by atoms with van der Waals surface area (Å²) in [4.78, 5) is 0. The molecule has 0 unspecified atom stereocenters. The van der Waals surface area contributed by atoms with Gasteiger partial charge in [0, 0.05) is 0 Å². The normalized spacial score (nSPS) is 18.3. The summed E-state index contributed by atoms with van der Waals surface area (Å²) in [6, 6.07) is 0. The Morgan fingerprint density at radius 2 is 1.85 bits per heavy atom. The third-order valence-corrected chi connectivity index (χ3v) is 3.19. The van der Waals surface area contributed by atoms with Gasteiger partial charge in [-0.1, -0.05) is 0 Å². The second-order valence-electron chi connectivity index (χ2n) is 2.64. The molecule has 0 N–H and O–H groups in total. The zero-order valence-corrected chi connectivity index (χ0v) is 9.79. The van der Waals surface area contributed by atoms with Crippen LogP contribution in [0.5, 0.6) is 0 Å². The fraction of sp³-hybridized carbons (Fsp3) is 0.273. The third kappa shape index (κ3) is 4.69. The van der Waals surface area contributed by atoms with Gasteiger partial charge in [-0.3, -0.25) is 0 Å². The standard InChI is InChI=1S/2C5H5.CH3.2Fe/c2*1-2-4-5-3-1;;;/h2*1-3H,4H2;1H3;;. The van der Waals surface area contributed by atoms with E-state index in [0.717, 1.165) is 6.42 Å². The van der Waals surface area contributed by atoms with Gasteiger partial charge in [0.25, 0.3) is 0 Å². The van der Waals surface area contributed by atoms with Gasteiger partial charge in [-0.2, -0.15) is 0 Å². The molecule has 0 atom stereocenters. The van der Waals surface area contributed by atoms with Gasteiger partial charge in [0.2, 0.25) is 0 Å². The number of hydrogen-bond donors (Lipinski definition) is 0. The summed E-state index contributed by atoms with van der Waals surface area (Å²) in [5.41, 5.74) is 0. The van der Waals surface area contributed by atoms with E-state index < -0.39 is 0 Å². The Bertz CT molecular complexity index is 270. The maximum absolute atomic E-state index is 3.74. The fourth-order valence-electron chi connectivity index (χ4n) is 0.963. The van der Waals surface area contributed by atoms with E-state index in [0.29, 0.717) is 0 Å². The molecule has 0 bridgehead atoms. The molecule has 2 aliphatic rings. The van der Waals surface area contributed by atoms with Crippen molar-refractivity contribution in [1.29, 1.82) is 0 Å². The zero-order chi connectivity index (χ0) is 9.52.